The zero-order chi connectivity index (χ0) is 36.6. The van der Waals surface area contributed by atoms with Gasteiger partial charge in [0.2, 0.25) is 0 Å². The van der Waals surface area contributed by atoms with Gasteiger partial charge in [0.15, 0.2) is 0 Å². The van der Waals surface area contributed by atoms with Gasteiger partial charge in [-0.15, -0.1) is 0 Å². The summed E-state index contributed by atoms with van der Waals surface area (Å²) in [6.45, 7) is -0.346. The number of amides is 4. The number of aliphatic carboxylic acids is 4. The molecule has 8 N–H and O–H groups in total. The van der Waals surface area contributed by atoms with E-state index in [9.17, 15) is 38.4 Å². The van der Waals surface area contributed by atoms with E-state index in [0.29, 0.717) is 0 Å². The summed E-state index contributed by atoms with van der Waals surface area (Å²) in [7, 11) is 0. The normalized spacial score (nSPS) is 11.5. The van der Waals surface area contributed by atoms with E-state index in [1.165, 1.54) is 48.5 Å². The Morgan fingerprint density at radius 2 is 0.774 bits per heavy atom. The topological polar surface area (TPSA) is 266 Å². The van der Waals surface area contributed by atoms with Gasteiger partial charge in [0, 0.05) is 178 Å². The molecule has 2 rings (SSSR count). The quantitative estimate of drug-likeness (QED) is 0.102. The summed E-state index contributed by atoms with van der Waals surface area (Å²) in [5, 5.41) is 42.4. The van der Waals surface area contributed by atoms with Crippen molar-refractivity contribution in [3.8, 4) is 0 Å². The molecule has 4 unspecified atom stereocenters. The minimum absolute atomic E-state index is 0. The summed E-state index contributed by atoms with van der Waals surface area (Å²) in [6, 6.07) is 8.84. The van der Waals surface area contributed by atoms with Crippen LogP contribution >= 0.6 is 50.5 Å². The molecule has 4 amide bonds. The molecule has 0 spiro atoms. The summed E-state index contributed by atoms with van der Waals surface area (Å²) in [4.78, 5) is 91.0. The third-order valence-electron chi connectivity index (χ3n) is 5.83. The van der Waals surface area contributed by atoms with Gasteiger partial charge in [0.25, 0.3) is 23.6 Å². The minimum atomic E-state index is -1.23. The van der Waals surface area contributed by atoms with Crippen LogP contribution in [0.15, 0.2) is 48.5 Å². The van der Waals surface area contributed by atoms with Crippen molar-refractivity contribution in [3.63, 3.8) is 0 Å². The third-order valence-corrected chi connectivity index (χ3v) is 7.37. The van der Waals surface area contributed by atoms with Crippen LogP contribution in [0.5, 0.6) is 0 Å². The molecule has 0 aliphatic rings. The standard InChI is InChI=1S/2C14H16N2O6S2.CH4.4Y/c17-11(15-9(5-23)13(19)20)7-2-1-3-8(4-7)12(18)16-10(6-24)14(21)22;17-11(15-5-9(23)13(19)20)7-2-1-3-8(4-7)12(18)16-6-10(24)14(21)22;;;;;/h2*1-4,9-10,23-24H,5-6H2,(H,15,17)(H,16,18)(H,19,20)(H,21,22);1H4;;;;. The van der Waals surface area contributed by atoms with Crippen molar-refractivity contribution in [3.05, 3.63) is 70.8 Å². The molecular weight excluding hydrogens is 1080 g/mol. The largest absolute Gasteiger partial charge is 0.480 e. The summed E-state index contributed by atoms with van der Waals surface area (Å²) in [5.41, 5.74) is 0.449. The van der Waals surface area contributed by atoms with Crippen LogP contribution in [0.3, 0.4) is 0 Å². The number of thiol groups is 4. The molecule has 0 bridgehead atoms. The Balaban J connectivity index is -0.000000265. The van der Waals surface area contributed by atoms with Crippen LogP contribution < -0.4 is 21.3 Å². The van der Waals surface area contributed by atoms with Gasteiger partial charge in [-0.25, -0.2) is 9.59 Å². The molecule has 24 heteroatoms. The molecule has 4 radical (unpaired) electrons. The van der Waals surface area contributed by atoms with Crippen molar-refractivity contribution >= 4 is 98.0 Å². The molecule has 0 heterocycles. The van der Waals surface area contributed by atoms with E-state index in [1.54, 1.807) is 0 Å². The Morgan fingerprint density at radius 1 is 0.509 bits per heavy atom. The summed E-state index contributed by atoms with van der Waals surface area (Å²) >= 11 is 15.3. The van der Waals surface area contributed by atoms with Crippen LogP contribution in [0.2, 0.25) is 0 Å². The first-order chi connectivity index (χ1) is 22.5. The number of rotatable bonds is 16. The second kappa shape index (κ2) is 33.0. The number of hydrogen-bond acceptors (Lipinski definition) is 12. The molecule has 2 aromatic rings. The number of carboxylic acids is 4. The summed E-state index contributed by atoms with van der Waals surface area (Å²) < 4.78 is 0. The number of carboxylic acid groups (broad SMARTS) is 4. The first-order valence-electron chi connectivity index (χ1n) is 13.4. The van der Waals surface area contributed by atoms with Crippen LogP contribution in [-0.2, 0) is 150 Å². The maximum atomic E-state index is 12.0. The fraction of sp³-hybridized carbons (Fsp3) is 0.310. The Morgan fingerprint density at radius 3 is 1.00 bits per heavy atom. The molecule has 0 aliphatic heterocycles. The maximum absolute atomic E-state index is 12.0. The molecule has 0 saturated heterocycles. The molecule has 0 aromatic heterocycles. The molecule has 280 valence electrons. The van der Waals surface area contributed by atoms with Gasteiger partial charge in [-0.2, -0.15) is 50.5 Å². The fourth-order valence-corrected chi connectivity index (χ4v) is 3.89. The van der Waals surface area contributed by atoms with E-state index < -0.39 is 70.1 Å². The monoisotopic (exact) mass is 1120 g/mol. The van der Waals surface area contributed by atoms with E-state index in [0.717, 1.165) is 0 Å². The molecule has 16 nitrogen and oxygen atoms in total. The third kappa shape index (κ3) is 23.8. The molecular formula is C29H36N4O12S4Y4. The first kappa shape index (κ1) is 62.2. The zero-order valence-corrected chi connectivity index (χ0v) is 41.8. The van der Waals surface area contributed by atoms with Crippen LogP contribution in [-0.4, -0.2) is 115 Å². The Hall–Kier alpha value is 0.0156. The van der Waals surface area contributed by atoms with Gasteiger partial charge < -0.3 is 41.7 Å². The summed E-state index contributed by atoms with van der Waals surface area (Å²) in [6.07, 6.45) is 0. The van der Waals surface area contributed by atoms with Gasteiger partial charge in [-0.1, -0.05) is 19.6 Å². The second-order valence-corrected chi connectivity index (χ2v) is 11.4. The van der Waals surface area contributed by atoms with Gasteiger partial charge in [0.05, 0.1) is 0 Å². The van der Waals surface area contributed by atoms with Gasteiger partial charge >= 0.3 is 23.9 Å². The van der Waals surface area contributed by atoms with Crippen molar-refractivity contribution in [1.29, 1.82) is 0 Å². The van der Waals surface area contributed by atoms with Crippen molar-refractivity contribution in [2.75, 3.05) is 24.6 Å². The molecule has 53 heavy (non-hydrogen) atoms. The van der Waals surface area contributed by atoms with Crippen molar-refractivity contribution in [1.82, 2.24) is 21.3 Å². The number of nitrogens with one attached hydrogen (secondary N) is 4. The molecule has 4 atom stereocenters. The SMILES string of the molecule is C.O=C(NC(CS)C(=O)O)c1cccc(C(=O)NC(CS)C(=O)O)c1.O=C(NCC(S)C(=O)O)c1cccc(C(=O)NCC(S)C(=O)O)c1.[Y].[Y].[Y].[Y]. The average Bonchev–Trinajstić information content (AvgIpc) is 3.06. The van der Waals surface area contributed by atoms with Gasteiger partial charge in [0.1, 0.15) is 22.6 Å². The number of hydrogen-bond donors (Lipinski definition) is 12. The predicted molar refractivity (Wildman–Crippen MR) is 191 cm³/mol. The minimum Gasteiger partial charge on any atom is -0.480 e. The Bertz CT molecular complexity index is 1450. The molecule has 0 saturated carbocycles. The van der Waals surface area contributed by atoms with E-state index in [1.807, 2.05) is 0 Å². The molecule has 2 aromatic carbocycles. The Kier molecular flexibility index (Phi) is 38.8. The van der Waals surface area contributed by atoms with E-state index in [4.69, 9.17) is 20.4 Å². The van der Waals surface area contributed by atoms with E-state index in [-0.39, 0.29) is 185 Å². The predicted octanol–water partition coefficient (Wildman–Crippen LogP) is 0.451. The Labute approximate surface area is 428 Å². The summed E-state index contributed by atoms with van der Waals surface area (Å²) in [5.74, 6) is -7.45. The molecule has 0 fully saturated rings. The average molecular weight is 1120 g/mol. The van der Waals surface area contributed by atoms with Crippen molar-refractivity contribution in [2.24, 2.45) is 0 Å². The van der Waals surface area contributed by atoms with Crippen LogP contribution in [0.4, 0.5) is 0 Å². The fourth-order valence-electron chi connectivity index (χ4n) is 3.21. The maximum Gasteiger partial charge on any atom is 0.327 e. The smallest absolute Gasteiger partial charge is 0.327 e. The first-order valence-corrected chi connectivity index (χ1v) is 15.7. The van der Waals surface area contributed by atoms with Crippen LogP contribution in [0, 0.1) is 0 Å². The number of carbonyl (C=O) groups is 8. The van der Waals surface area contributed by atoms with Crippen molar-refractivity contribution < 1.29 is 190 Å². The number of carbonyl (C=O) groups excluding carboxylic acids is 4. The molecule has 0 aliphatic carbocycles. The number of benzene rings is 2. The van der Waals surface area contributed by atoms with Crippen molar-refractivity contribution in [2.45, 2.75) is 30.0 Å². The second-order valence-electron chi connectivity index (χ2n) is 9.38. The van der Waals surface area contributed by atoms with Crippen LogP contribution in [0.1, 0.15) is 48.9 Å². The van der Waals surface area contributed by atoms with E-state index in [2.05, 4.69) is 71.8 Å². The van der Waals surface area contributed by atoms with Gasteiger partial charge in [-0.3, -0.25) is 28.8 Å². The van der Waals surface area contributed by atoms with Crippen LogP contribution in [0.25, 0.3) is 0 Å². The van der Waals surface area contributed by atoms with E-state index >= 15 is 0 Å². The van der Waals surface area contributed by atoms with Gasteiger partial charge in [-0.05, 0) is 36.4 Å². The zero-order valence-electron chi connectivity index (χ0n) is 26.9.